The molecular formula is C31H32F3NO10S. The van der Waals surface area contributed by atoms with Crippen molar-refractivity contribution in [2.75, 3.05) is 33.7 Å². The van der Waals surface area contributed by atoms with E-state index in [1.54, 1.807) is 24.3 Å². The topological polar surface area (TPSA) is 128 Å². The highest BCUT2D eigenvalue weighted by Crippen LogP contribution is 2.33. The van der Waals surface area contributed by atoms with E-state index in [0.29, 0.717) is 6.54 Å². The Balaban J connectivity index is 1.99. The van der Waals surface area contributed by atoms with Crippen LogP contribution in [0.3, 0.4) is 0 Å². The fraction of sp³-hybridized carbons (Fsp3) is 0.323. The molecule has 0 aliphatic carbocycles. The fourth-order valence-electron chi connectivity index (χ4n) is 3.75. The molecule has 1 N–H and O–H groups in total. The predicted molar refractivity (Wildman–Crippen MR) is 159 cm³/mol. The average molecular weight is 668 g/mol. The zero-order valence-electron chi connectivity index (χ0n) is 25.1. The van der Waals surface area contributed by atoms with Gasteiger partial charge in [-0.3, -0.25) is 4.79 Å². The molecule has 3 aromatic carbocycles. The molecule has 3 rings (SSSR count). The predicted octanol–water partition coefficient (Wildman–Crippen LogP) is 6.28. The van der Waals surface area contributed by atoms with Gasteiger partial charge in [0.1, 0.15) is 12.4 Å². The standard InChI is InChI=1S/C31H32F3NO10S/c1-20(2)17-35-28(36)22-9-11-24(26(15-22)29(37)41-18-21-7-5-4-6-8-21)25-12-10-23(43-46-45-44-31(32,33)34)16-27(25)30(38)42-19-40-14-13-39-3/h4-12,15-16,20H,13-14,17-19H2,1-3H3,(H,35,36). The number of hydrogen-bond acceptors (Lipinski definition) is 11. The van der Waals surface area contributed by atoms with Gasteiger partial charge in [0.2, 0.25) is 0 Å². The molecular weight excluding hydrogens is 635 g/mol. The molecule has 0 fully saturated rings. The highest BCUT2D eigenvalue weighted by Gasteiger charge is 2.32. The van der Waals surface area contributed by atoms with E-state index in [1.807, 2.05) is 19.9 Å². The summed E-state index contributed by atoms with van der Waals surface area (Å²) in [7, 11) is 1.47. The van der Waals surface area contributed by atoms with E-state index in [0.717, 1.165) is 5.56 Å². The molecule has 0 aliphatic heterocycles. The Labute approximate surface area is 267 Å². The summed E-state index contributed by atoms with van der Waals surface area (Å²) >= 11 is -0.145. The van der Waals surface area contributed by atoms with Crippen LogP contribution in [0.1, 0.15) is 50.5 Å². The number of amides is 1. The number of carbonyl (C=O) groups is 3. The van der Waals surface area contributed by atoms with Gasteiger partial charge in [0.15, 0.2) is 6.79 Å². The van der Waals surface area contributed by atoms with Crippen molar-refractivity contribution < 1.29 is 59.9 Å². The maximum absolute atomic E-state index is 13.5. The summed E-state index contributed by atoms with van der Waals surface area (Å²) in [6, 6.07) is 17.1. The van der Waals surface area contributed by atoms with Gasteiger partial charge < -0.3 is 28.4 Å². The fourth-order valence-corrected chi connectivity index (χ4v) is 4.06. The van der Waals surface area contributed by atoms with Gasteiger partial charge >= 0.3 is 18.3 Å². The SMILES string of the molecule is COCCOCOC(=O)c1cc(OSOOC(F)(F)F)ccc1-c1ccc(C(=O)NCC(C)C)cc1C(=O)OCc1ccccc1. The van der Waals surface area contributed by atoms with Crippen LogP contribution >= 0.6 is 12.3 Å². The summed E-state index contributed by atoms with van der Waals surface area (Å²) in [4.78, 5) is 42.8. The highest BCUT2D eigenvalue weighted by atomic mass is 32.2. The van der Waals surface area contributed by atoms with Crippen LogP contribution in [-0.2, 0) is 34.8 Å². The Hall–Kier alpha value is -4.15. The van der Waals surface area contributed by atoms with E-state index in [2.05, 4.69) is 14.5 Å². The summed E-state index contributed by atoms with van der Waals surface area (Å²) in [5.74, 6) is -2.07. The summed E-state index contributed by atoms with van der Waals surface area (Å²) in [6.07, 6.45) is -5.07. The van der Waals surface area contributed by atoms with Gasteiger partial charge in [0, 0.05) is 19.2 Å². The van der Waals surface area contributed by atoms with Gasteiger partial charge in [-0.05, 0) is 52.9 Å². The van der Waals surface area contributed by atoms with Crippen molar-refractivity contribution in [3.8, 4) is 16.9 Å². The number of rotatable bonds is 17. The quantitative estimate of drug-likeness (QED) is 0.0436. The molecule has 46 heavy (non-hydrogen) atoms. The Kier molecular flexibility index (Phi) is 14.3. The minimum absolute atomic E-state index is 0.0384. The molecule has 0 radical (unpaired) electrons. The van der Waals surface area contributed by atoms with Crippen molar-refractivity contribution >= 4 is 30.2 Å². The molecule has 0 heterocycles. The second kappa shape index (κ2) is 18.1. The van der Waals surface area contributed by atoms with E-state index in [-0.39, 0.29) is 71.6 Å². The summed E-state index contributed by atoms with van der Waals surface area (Å²) in [5.41, 5.74) is 1.05. The molecule has 0 aliphatic rings. The van der Waals surface area contributed by atoms with Crippen molar-refractivity contribution in [2.45, 2.75) is 26.8 Å². The van der Waals surface area contributed by atoms with Crippen LogP contribution in [-0.4, -0.2) is 57.9 Å². The number of halogens is 3. The van der Waals surface area contributed by atoms with Crippen molar-refractivity contribution in [1.82, 2.24) is 5.32 Å². The van der Waals surface area contributed by atoms with E-state index in [1.165, 1.54) is 43.5 Å². The van der Waals surface area contributed by atoms with Crippen molar-refractivity contribution in [1.29, 1.82) is 0 Å². The van der Waals surface area contributed by atoms with Crippen LogP contribution < -0.4 is 9.50 Å². The molecule has 0 saturated heterocycles. The Morgan fingerprint density at radius 2 is 1.54 bits per heavy atom. The first kappa shape index (κ1) is 36.3. The number of benzene rings is 3. The molecule has 0 spiro atoms. The lowest BCUT2D eigenvalue weighted by atomic mass is 9.93. The third-order valence-corrected chi connectivity index (χ3v) is 6.26. The summed E-state index contributed by atoms with van der Waals surface area (Å²) in [6.45, 7) is 4.11. The van der Waals surface area contributed by atoms with Crippen LogP contribution in [0.15, 0.2) is 66.7 Å². The van der Waals surface area contributed by atoms with Crippen LogP contribution in [0.25, 0.3) is 11.1 Å². The molecule has 1 amide bonds. The minimum Gasteiger partial charge on any atom is -0.457 e. The van der Waals surface area contributed by atoms with Crippen LogP contribution in [0.5, 0.6) is 5.75 Å². The summed E-state index contributed by atoms with van der Waals surface area (Å²) < 4.78 is 66.6. The number of esters is 2. The highest BCUT2D eigenvalue weighted by molar-refractivity contribution is 7.90. The largest absolute Gasteiger partial charge is 0.550 e. The van der Waals surface area contributed by atoms with Crippen LogP contribution in [0.2, 0.25) is 0 Å². The first-order valence-electron chi connectivity index (χ1n) is 13.8. The number of ether oxygens (including phenoxy) is 4. The van der Waals surface area contributed by atoms with Crippen LogP contribution in [0, 0.1) is 5.92 Å². The first-order valence-corrected chi connectivity index (χ1v) is 14.4. The molecule has 15 heteroatoms. The van der Waals surface area contributed by atoms with Gasteiger partial charge in [0.25, 0.3) is 18.2 Å². The van der Waals surface area contributed by atoms with Crippen molar-refractivity contribution in [3.05, 3.63) is 89.0 Å². The van der Waals surface area contributed by atoms with Crippen molar-refractivity contribution in [3.63, 3.8) is 0 Å². The zero-order valence-corrected chi connectivity index (χ0v) is 25.9. The van der Waals surface area contributed by atoms with Gasteiger partial charge in [-0.25, -0.2) is 9.59 Å². The first-order chi connectivity index (χ1) is 22.0. The maximum Gasteiger partial charge on any atom is 0.550 e. The maximum atomic E-state index is 13.5. The third-order valence-electron chi connectivity index (χ3n) is 5.88. The monoisotopic (exact) mass is 667 g/mol. The average Bonchev–Trinajstić information content (AvgIpc) is 3.04. The van der Waals surface area contributed by atoms with Crippen molar-refractivity contribution in [2.24, 2.45) is 5.92 Å². The second-order valence-electron chi connectivity index (χ2n) is 9.83. The number of hydrogen-bond donors (Lipinski definition) is 1. The third kappa shape index (κ3) is 12.0. The van der Waals surface area contributed by atoms with Gasteiger partial charge in [-0.15, -0.1) is 22.4 Å². The normalized spacial score (nSPS) is 11.3. The number of nitrogens with one attached hydrogen (secondary N) is 1. The molecule has 11 nitrogen and oxygen atoms in total. The number of methoxy groups -OCH3 is 1. The molecule has 0 saturated carbocycles. The molecule has 0 unspecified atom stereocenters. The zero-order chi connectivity index (χ0) is 33.5. The van der Waals surface area contributed by atoms with Gasteiger partial charge in [-0.2, -0.15) is 0 Å². The molecule has 3 aromatic rings. The Morgan fingerprint density at radius 1 is 0.870 bits per heavy atom. The Bertz CT molecular complexity index is 1450. The van der Waals surface area contributed by atoms with E-state index < -0.39 is 31.0 Å². The van der Waals surface area contributed by atoms with E-state index in [4.69, 9.17) is 23.1 Å². The van der Waals surface area contributed by atoms with Gasteiger partial charge in [0.05, 0.1) is 24.3 Å². The van der Waals surface area contributed by atoms with Gasteiger partial charge in [-0.1, -0.05) is 50.2 Å². The lowest BCUT2D eigenvalue weighted by Gasteiger charge is -2.16. The Morgan fingerprint density at radius 3 is 2.22 bits per heavy atom. The van der Waals surface area contributed by atoms with Crippen LogP contribution in [0.4, 0.5) is 13.2 Å². The molecule has 0 aromatic heterocycles. The minimum atomic E-state index is -5.07. The number of carbonyl (C=O) groups excluding carboxylic acids is 3. The molecule has 0 atom stereocenters. The van der Waals surface area contributed by atoms with E-state index >= 15 is 0 Å². The smallest absolute Gasteiger partial charge is 0.457 e. The van der Waals surface area contributed by atoms with E-state index in [9.17, 15) is 27.6 Å². The molecule has 248 valence electrons. The number of alkyl halides is 3. The second-order valence-corrected chi connectivity index (χ2v) is 10.3. The lowest BCUT2D eigenvalue weighted by molar-refractivity contribution is -0.441. The molecule has 0 bridgehead atoms. The summed E-state index contributed by atoms with van der Waals surface area (Å²) in [5, 5.41) is 2.79. The lowest BCUT2D eigenvalue weighted by Crippen LogP contribution is -2.27.